The molecule has 7 atom stereocenters. The van der Waals surface area contributed by atoms with Crippen molar-refractivity contribution in [1.29, 1.82) is 0 Å². The van der Waals surface area contributed by atoms with Crippen LogP contribution in [-0.2, 0) is 29.1 Å². The van der Waals surface area contributed by atoms with Gasteiger partial charge in [-0.15, -0.1) is 0 Å². The van der Waals surface area contributed by atoms with Crippen LogP contribution in [0.5, 0.6) is 11.6 Å². The Balaban J connectivity index is 0.00000244. The van der Waals surface area contributed by atoms with Crippen molar-refractivity contribution in [2.45, 2.75) is 141 Å². The lowest BCUT2D eigenvalue weighted by molar-refractivity contribution is -0.142. The van der Waals surface area contributed by atoms with E-state index in [1.54, 1.807) is 33.9 Å². The van der Waals surface area contributed by atoms with Crippen molar-refractivity contribution in [2.75, 3.05) is 13.2 Å². The lowest BCUT2D eigenvalue weighted by Gasteiger charge is -2.33. The molecule has 0 spiro atoms. The van der Waals surface area contributed by atoms with E-state index in [1.807, 2.05) is 64.1 Å². The highest BCUT2D eigenvalue weighted by Crippen LogP contribution is 2.47. The molecule has 0 radical (unpaired) electrons. The molecule has 57 heavy (non-hydrogen) atoms. The second kappa shape index (κ2) is 17.2. The highest BCUT2D eigenvalue weighted by molar-refractivity contribution is 7.91. The standard InChI is InChI=1S/C40H55N5O9S.C2H6.3H2/c1-8-52-28-13-14-30-26(20-28)15-18-41-34(30)53-29-21-31-33(46)43-40(36(48)44-55(50,51)39(7)16-17-39)22-27(40)12-10-9-11-24(2)19-25(3)32(35(47)45(31)23-29)42-37(49)54-38(4,5)6;1-2;;;/h10,12-15,18,20,24-25,27,29,31-32H,8-9,11,16-17,19,21-23H2,1-7H3,(H,42,49)(H,43,46)(H,44,48);1-2H3;3*1H/b12-10-;;;;/t24-,25-,27-,29-,31+,32+,40-;;;;/m1..../s1. The number of nitrogens with one attached hydrogen (secondary N) is 3. The normalized spacial score (nSPS) is 29.1. The van der Waals surface area contributed by atoms with E-state index in [9.17, 15) is 27.6 Å². The number of amides is 4. The summed E-state index contributed by atoms with van der Waals surface area (Å²) in [6.07, 6.45) is 7.16. The first kappa shape index (κ1) is 43.7. The fourth-order valence-electron chi connectivity index (χ4n) is 7.67. The third kappa shape index (κ3) is 10.0. The van der Waals surface area contributed by atoms with Crippen LogP contribution in [0.4, 0.5) is 4.79 Å². The second-order valence-electron chi connectivity index (χ2n) is 17.0. The predicted octanol–water partition coefficient (Wildman–Crippen LogP) is 6.53. The molecule has 1 saturated heterocycles. The summed E-state index contributed by atoms with van der Waals surface area (Å²) in [6.45, 7) is 17.2. The predicted molar refractivity (Wildman–Crippen MR) is 223 cm³/mol. The molecule has 4 aliphatic rings. The number of aromatic nitrogens is 1. The van der Waals surface area contributed by atoms with Crippen molar-refractivity contribution >= 4 is 44.6 Å². The summed E-state index contributed by atoms with van der Waals surface area (Å²) in [4.78, 5) is 62.3. The van der Waals surface area contributed by atoms with Gasteiger partial charge in [0, 0.05) is 28.2 Å². The second-order valence-corrected chi connectivity index (χ2v) is 19.2. The molecule has 3 fully saturated rings. The van der Waals surface area contributed by atoms with Crippen molar-refractivity contribution in [2.24, 2.45) is 17.8 Å². The molecule has 15 heteroatoms. The molecule has 0 bridgehead atoms. The Morgan fingerprint density at radius 2 is 1.82 bits per heavy atom. The fourth-order valence-corrected chi connectivity index (χ4v) is 8.98. The molecule has 3 N–H and O–H groups in total. The van der Waals surface area contributed by atoms with Crippen molar-refractivity contribution in [3.05, 3.63) is 42.6 Å². The number of carbonyl (C=O) groups excluding carboxylic acids is 4. The average molecular weight is 818 g/mol. The van der Waals surface area contributed by atoms with Gasteiger partial charge in [-0.3, -0.25) is 19.1 Å². The average Bonchev–Trinajstić information content (AvgIpc) is 4.02. The first-order valence-electron chi connectivity index (χ1n) is 20.4. The van der Waals surface area contributed by atoms with Crippen LogP contribution in [0.3, 0.4) is 0 Å². The summed E-state index contributed by atoms with van der Waals surface area (Å²) >= 11 is 0. The number of alkyl carbamates (subject to hydrolysis) is 1. The van der Waals surface area contributed by atoms with Gasteiger partial charge in [0.15, 0.2) is 0 Å². The zero-order valence-electron chi connectivity index (χ0n) is 34.8. The van der Waals surface area contributed by atoms with Gasteiger partial charge in [0.25, 0.3) is 5.91 Å². The van der Waals surface area contributed by atoms with Crippen LogP contribution in [0.15, 0.2) is 42.6 Å². The van der Waals surface area contributed by atoms with Gasteiger partial charge < -0.3 is 29.7 Å². The van der Waals surface area contributed by atoms with E-state index < -0.39 is 73.8 Å². The third-order valence-corrected chi connectivity index (χ3v) is 13.4. The lowest BCUT2D eigenvalue weighted by Crippen LogP contribution is -2.59. The minimum Gasteiger partial charge on any atom is -0.494 e. The van der Waals surface area contributed by atoms with Crippen molar-refractivity contribution in [1.82, 2.24) is 25.2 Å². The van der Waals surface area contributed by atoms with Gasteiger partial charge in [-0.05, 0) is 115 Å². The maximum Gasteiger partial charge on any atom is 0.408 e. The van der Waals surface area contributed by atoms with Gasteiger partial charge in [-0.25, -0.2) is 18.2 Å². The number of nitrogens with zero attached hydrogens (tertiary/aromatic N) is 2. The molecule has 2 aliphatic heterocycles. The number of carbonyl (C=O) groups is 4. The monoisotopic (exact) mass is 817 g/mol. The number of allylic oxidation sites excluding steroid dienone is 1. The molecule has 2 aliphatic carbocycles. The van der Waals surface area contributed by atoms with Crippen molar-refractivity contribution in [3.63, 3.8) is 0 Å². The van der Waals surface area contributed by atoms with E-state index in [0.29, 0.717) is 49.3 Å². The van der Waals surface area contributed by atoms with E-state index in [-0.39, 0.29) is 35.5 Å². The minimum atomic E-state index is -4.00. The van der Waals surface area contributed by atoms with E-state index >= 15 is 0 Å². The van der Waals surface area contributed by atoms with Crippen LogP contribution in [0.1, 0.15) is 112 Å². The topological polar surface area (TPSA) is 182 Å². The highest BCUT2D eigenvalue weighted by atomic mass is 32.2. The molecular formula is C42H67N5O9S. The van der Waals surface area contributed by atoms with Gasteiger partial charge >= 0.3 is 6.09 Å². The van der Waals surface area contributed by atoms with Gasteiger partial charge in [-0.1, -0.05) is 39.8 Å². The molecule has 320 valence electrons. The van der Waals surface area contributed by atoms with Crippen LogP contribution < -0.4 is 24.8 Å². The quantitative estimate of drug-likeness (QED) is 0.248. The molecule has 1 aromatic heterocycles. The third-order valence-electron chi connectivity index (χ3n) is 11.2. The Morgan fingerprint density at radius 3 is 2.49 bits per heavy atom. The minimum absolute atomic E-state index is 0. The number of hydrogen-bond acceptors (Lipinski definition) is 10. The van der Waals surface area contributed by atoms with Crippen LogP contribution in [0, 0.1) is 17.8 Å². The molecular weight excluding hydrogens is 751 g/mol. The molecule has 2 saturated carbocycles. The summed E-state index contributed by atoms with van der Waals surface area (Å²) in [7, 11) is -4.00. The molecule has 4 amide bonds. The zero-order valence-corrected chi connectivity index (χ0v) is 35.7. The van der Waals surface area contributed by atoms with Gasteiger partial charge in [0.1, 0.15) is 35.1 Å². The smallest absolute Gasteiger partial charge is 0.408 e. The van der Waals surface area contributed by atoms with Gasteiger partial charge in [-0.2, -0.15) is 0 Å². The maximum absolute atomic E-state index is 14.8. The van der Waals surface area contributed by atoms with Crippen LogP contribution in [0.2, 0.25) is 0 Å². The summed E-state index contributed by atoms with van der Waals surface area (Å²) < 4.78 is 45.3. The number of hydrogen-bond donors (Lipinski definition) is 3. The van der Waals surface area contributed by atoms with E-state index in [4.69, 9.17) is 14.2 Å². The Bertz CT molecular complexity index is 1980. The summed E-state index contributed by atoms with van der Waals surface area (Å²) in [5.41, 5.74) is -2.35. The maximum atomic E-state index is 14.8. The Labute approximate surface area is 341 Å². The number of pyridine rings is 1. The largest absolute Gasteiger partial charge is 0.494 e. The van der Waals surface area contributed by atoms with Crippen LogP contribution in [-0.4, -0.2) is 89.3 Å². The Hall–Kier alpha value is -4.40. The van der Waals surface area contributed by atoms with E-state index in [2.05, 4.69) is 27.3 Å². The molecule has 6 rings (SSSR count). The Morgan fingerprint density at radius 1 is 1.11 bits per heavy atom. The number of fused-ring (bicyclic) bond motifs is 3. The zero-order chi connectivity index (χ0) is 41.9. The first-order valence-corrected chi connectivity index (χ1v) is 21.9. The van der Waals surface area contributed by atoms with Crippen molar-refractivity contribution in [3.8, 4) is 11.6 Å². The number of benzene rings is 1. The molecule has 14 nitrogen and oxygen atoms in total. The summed E-state index contributed by atoms with van der Waals surface area (Å²) in [6, 6.07) is 5.21. The van der Waals surface area contributed by atoms with Crippen LogP contribution >= 0.6 is 0 Å². The van der Waals surface area contributed by atoms with Crippen molar-refractivity contribution < 1.29 is 46.1 Å². The molecule has 2 aromatic rings. The summed E-state index contributed by atoms with van der Waals surface area (Å²) in [5, 5.41) is 7.26. The highest BCUT2D eigenvalue weighted by Gasteiger charge is 2.63. The molecule has 0 unspecified atom stereocenters. The van der Waals surface area contributed by atoms with E-state index in [1.165, 1.54) is 4.90 Å². The first-order chi connectivity index (χ1) is 26.8. The van der Waals surface area contributed by atoms with Crippen LogP contribution in [0.25, 0.3) is 10.8 Å². The number of rotatable bonds is 8. The Kier molecular flexibility index (Phi) is 13.2. The van der Waals surface area contributed by atoms with E-state index in [0.717, 1.165) is 11.8 Å². The van der Waals surface area contributed by atoms with Gasteiger partial charge in [0.2, 0.25) is 27.7 Å². The molecule has 3 heterocycles. The number of ether oxygens (including phenoxy) is 3. The fraction of sp³-hybridized carbons (Fsp3) is 0.643. The SMILES string of the molecule is CC.CCOc1ccc2c(O[C@@H]3C[C@H]4C(=O)N[C@]5(C(=O)NS(=O)(=O)C6(C)CC6)C[C@H]5/C=C\CC[C@@H](C)C[C@@H](C)[C@H](NC(=O)OC(C)(C)C)C(=O)N4C3)nccc2c1.[HH].[HH].[HH]. The van der Waals surface area contributed by atoms with Gasteiger partial charge in [0.05, 0.1) is 17.9 Å². The lowest BCUT2D eigenvalue weighted by atomic mass is 9.88. The molecule has 1 aromatic carbocycles. The summed E-state index contributed by atoms with van der Waals surface area (Å²) in [5.74, 6) is -1.54. The number of sulfonamides is 1.